The number of carbonyl (C=O) groups is 1. The van der Waals surface area contributed by atoms with Crippen molar-refractivity contribution < 1.29 is 9.90 Å². The van der Waals surface area contributed by atoms with Gasteiger partial charge in [0.15, 0.2) is 0 Å². The molecule has 0 aliphatic heterocycles. The van der Waals surface area contributed by atoms with Crippen LogP contribution in [0, 0.1) is 11.8 Å². The van der Waals surface area contributed by atoms with Gasteiger partial charge in [-0.1, -0.05) is 42.9 Å². The lowest BCUT2D eigenvalue weighted by molar-refractivity contribution is -0.130. The highest BCUT2D eigenvalue weighted by molar-refractivity contribution is 6.32. The van der Waals surface area contributed by atoms with E-state index in [2.05, 4.69) is 24.1 Å². The molecule has 2 N–H and O–H groups in total. The quantitative estimate of drug-likeness (QED) is 0.658. The van der Waals surface area contributed by atoms with Crippen molar-refractivity contribution in [3.63, 3.8) is 0 Å². The van der Waals surface area contributed by atoms with Crippen LogP contribution in [-0.4, -0.2) is 16.6 Å². The Balaban J connectivity index is 2.99. The van der Waals surface area contributed by atoms with E-state index in [9.17, 15) is 9.90 Å². The van der Waals surface area contributed by atoms with Crippen LogP contribution in [0.1, 0.15) is 45.6 Å². The summed E-state index contributed by atoms with van der Waals surface area (Å²) < 4.78 is 0. The summed E-state index contributed by atoms with van der Waals surface area (Å²) in [6, 6.07) is 5.18. The monoisotopic (exact) mass is 293 g/mol. The molecule has 0 saturated heterocycles. The SMILES string of the molecule is CCCCC#Cc1c(Cl)cccc1NC(=O)C(C)(C)O. The Labute approximate surface area is 125 Å². The number of benzene rings is 1. The molecule has 0 bridgehead atoms. The molecule has 4 heteroatoms. The summed E-state index contributed by atoms with van der Waals surface area (Å²) in [5.41, 5.74) is -0.341. The third-order valence-electron chi connectivity index (χ3n) is 2.69. The van der Waals surface area contributed by atoms with Crippen LogP contribution in [0.4, 0.5) is 5.69 Å². The second-order valence-electron chi connectivity index (χ2n) is 5.08. The second-order valence-corrected chi connectivity index (χ2v) is 5.49. The van der Waals surface area contributed by atoms with Gasteiger partial charge in [0, 0.05) is 6.42 Å². The maximum atomic E-state index is 11.8. The molecule has 1 aromatic rings. The van der Waals surface area contributed by atoms with E-state index in [0.29, 0.717) is 16.3 Å². The van der Waals surface area contributed by atoms with Gasteiger partial charge in [0.2, 0.25) is 0 Å². The van der Waals surface area contributed by atoms with Crippen molar-refractivity contribution in [3.05, 3.63) is 28.8 Å². The zero-order chi connectivity index (χ0) is 15.2. The van der Waals surface area contributed by atoms with Gasteiger partial charge in [-0.2, -0.15) is 0 Å². The number of anilines is 1. The van der Waals surface area contributed by atoms with Crippen molar-refractivity contribution >= 4 is 23.2 Å². The number of hydrogen-bond acceptors (Lipinski definition) is 2. The summed E-state index contributed by atoms with van der Waals surface area (Å²) in [6.45, 7) is 4.96. The van der Waals surface area contributed by atoms with Gasteiger partial charge in [-0.3, -0.25) is 4.79 Å². The van der Waals surface area contributed by atoms with Crippen molar-refractivity contribution in [3.8, 4) is 11.8 Å². The van der Waals surface area contributed by atoms with Gasteiger partial charge in [0.25, 0.3) is 5.91 Å². The molecule has 0 saturated carbocycles. The van der Waals surface area contributed by atoms with Crippen LogP contribution in [0.2, 0.25) is 5.02 Å². The average molecular weight is 294 g/mol. The van der Waals surface area contributed by atoms with Crippen LogP contribution in [-0.2, 0) is 4.79 Å². The Morgan fingerprint density at radius 1 is 1.45 bits per heavy atom. The summed E-state index contributed by atoms with van der Waals surface area (Å²) in [6.07, 6.45) is 2.91. The topological polar surface area (TPSA) is 49.3 Å². The average Bonchev–Trinajstić information content (AvgIpc) is 2.36. The smallest absolute Gasteiger partial charge is 0.255 e. The van der Waals surface area contributed by atoms with E-state index >= 15 is 0 Å². The Morgan fingerprint density at radius 2 is 2.15 bits per heavy atom. The van der Waals surface area contributed by atoms with Crippen molar-refractivity contribution in [1.29, 1.82) is 0 Å². The first-order valence-corrected chi connectivity index (χ1v) is 7.05. The Kier molecular flexibility index (Phi) is 6.06. The molecule has 108 valence electrons. The predicted octanol–water partition coefficient (Wildman–Crippen LogP) is 3.59. The minimum absolute atomic E-state index is 0.488. The van der Waals surface area contributed by atoms with Gasteiger partial charge >= 0.3 is 0 Å². The van der Waals surface area contributed by atoms with E-state index in [0.717, 1.165) is 19.3 Å². The van der Waals surface area contributed by atoms with Gasteiger partial charge in [-0.05, 0) is 32.4 Å². The van der Waals surface area contributed by atoms with Gasteiger partial charge < -0.3 is 10.4 Å². The lowest BCUT2D eigenvalue weighted by atomic mass is 10.1. The van der Waals surface area contributed by atoms with Crippen LogP contribution >= 0.6 is 11.6 Å². The first-order valence-electron chi connectivity index (χ1n) is 6.67. The predicted molar refractivity (Wildman–Crippen MR) is 82.8 cm³/mol. The molecule has 0 unspecified atom stereocenters. The van der Waals surface area contributed by atoms with E-state index in [1.807, 2.05) is 0 Å². The summed E-state index contributed by atoms with van der Waals surface area (Å²) in [5.74, 6) is 5.55. The number of halogens is 1. The molecule has 0 atom stereocenters. The lowest BCUT2D eigenvalue weighted by Gasteiger charge is -2.17. The summed E-state index contributed by atoms with van der Waals surface area (Å²) in [7, 11) is 0. The van der Waals surface area contributed by atoms with Gasteiger partial charge in [-0.15, -0.1) is 0 Å². The Bertz CT molecular complexity index is 536. The highest BCUT2D eigenvalue weighted by Gasteiger charge is 2.24. The van der Waals surface area contributed by atoms with E-state index in [4.69, 9.17) is 11.6 Å². The fourth-order valence-corrected chi connectivity index (χ4v) is 1.67. The molecule has 0 spiro atoms. The number of amides is 1. The Hall–Kier alpha value is -1.50. The van der Waals surface area contributed by atoms with Crippen LogP contribution in [0.3, 0.4) is 0 Å². The van der Waals surface area contributed by atoms with Crippen LogP contribution in [0.15, 0.2) is 18.2 Å². The van der Waals surface area contributed by atoms with E-state index in [-0.39, 0.29) is 0 Å². The maximum absolute atomic E-state index is 11.8. The molecule has 0 heterocycles. The van der Waals surface area contributed by atoms with Crippen LogP contribution in [0.5, 0.6) is 0 Å². The highest BCUT2D eigenvalue weighted by Crippen LogP contribution is 2.24. The number of aliphatic hydroxyl groups is 1. The van der Waals surface area contributed by atoms with Crippen molar-refractivity contribution in [2.24, 2.45) is 0 Å². The third-order valence-corrected chi connectivity index (χ3v) is 3.00. The summed E-state index contributed by atoms with van der Waals surface area (Å²) >= 11 is 6.12. The van der Waals surface area contributed by atoms with Crippen molar-refractivity contribution in [2.75, 3.05) is 5.32 Å². The zero-order valence-corrected chi connectivity index (χ0v) is 12.8. The normalized spacial score (nSPS) is 10.7. The maximum Gasteiger partial charge on any atom is 0.255 e. The lowest BCUT2D eigenvalue weighted by Crippen LogP contribution is -2.36. The molecule has 1 aromatic carbocycles. The molecule has 1 rings (SSSR count). The van der Waals surface area contributed by atoms with Gasteiger partial charge in [0.05, 0.1) is 16.3 Å². The molecular formula is C16H20ClNO2. The van der Waals surface area contributed by atoms with Gasteiger partial charge in [-0.25, -0.2) is 0 Å². The second kappa shape index (κ2) is 7.33. The molecule has 1 amide bonds. The highest BCUT2D eigenvalue weighted by atomic mass is 35.5. The molecule has 0 radical (unpaired) electrons. The fourth-order valence-electron chi connectivity index (χ4n) is 1.45. The molecular weight excluding hydrogens is 274 g/mol. The zero-order valence-electron chi connectivity index (χ0n) is 12.1. The van der Waals surface area contributed by atoms with Crippen molar-refractivity contribution in [2.45, 2.75) is 45.6 Å². The van der Waals surface area contributed by atoms with E-state index < -0.39 is 11.5 Å². The number of rotatable bonds is 4. The molecule has 0 fully saturated rings. The molecule has 20 heavy (non-hydrogen) atoms. The third kappa shape index (κ3) is 4.88. The van der Waals surface area contributed by atoms with E-state index in [1.165, 1.54) is 13.8 Å². The minimum atomic E-state index is -1.45. The van der Waals surface area contributed by atoms with Crippen LogP contribution < -0.4 is 5.32 Å². The molecule has 0 aromatic heterocycles. The van der Waals surface area contributed by atoms with Crippen LogP contribution in [0.25, 0.3) is 0 Å². The molecule has 3 nitrogen and oxygen atoms in total. The fraction of sp³-hybridized carbons (Fsp3) is 0.438. The first-order chi connectivity index (χ1) is 9.36. The molecule has 0 aliphatic carbocycles. The standard InChI is InChI=1S/C16H20ClNO2/c1-4-5-6-7-9-12-13(17)10-8-11-14(12)18-15(19)16(2,3)20/h8,10-11,20H,4-6H2,1-3H3,(H,18,19). The number of hydrogen-bond donors (Lipinski definition) is 2. The summed E-state index contributed by atoms with van der Waals surface area (Å²) in [4.78, 5) is 11.8. The first kappa shape index (κ1) is 16.6. The number of unbranched alkanes of at least 4 members (excludes halogenated alkanes) is 2. The summed E-state index contributed by atoms with van der Waals surface area (Å²) in [5, 5.41) is 12.8. The molecule has 0 aliphatic rings. The van der Waals surface area contributed by atoms with E-state index in [1.54, 1.807) is 18.2 Å². The number of carbonyl (C=O) groups excluding carboxylic acids is 1. The number of nitrogens with one attached hydrogen (secondary N) is 1. The minimum Gasteiger partial charge on any atom is -0.381 e. The largest absolute Gasteiger partial charge is 0.381 e. The Morgan fingerprint density at radius 3 is 2.75 bits per heavy atom. The van der Waals surface area contributed by atoms with Crippen molar-refractivity contribution in [1.82, 2.24) is 0 Å². The van der Waals surface area contributed by atoms with Gasteiger partial charge in [0.1, 0.15) is 5.60 Å².